The molecule has 7 heteroatoms. The minimum Gasteiger partial charge on any atom is -0.465 e. The third-order valence-corrected chi connectivity index (χ3v) is 5.26. The molecule has 7 nitrogen and oxygen atoms in total. The Balaban J connectivity index is 1.39. The lowest BCUT2D eigenvalue weighted by Crippen LogP contribution is -2.51. The molecule has 0 unspecified atom stereocenters. The van der Waals surface area contributed by atoms with Gasteiger partial charge in [0, 0.05) is 36.9 Å². The summed E-state index contributed by atoms with van der Waals surface area (Å²) >= 11 is 0. The van der Waals surface area contributed by atoms with E-state index in [0.717, 1.165) is 25.2 Å². The molecule has 0 bridgehead atoms. The minimum absolute atomic E-state index is 0.367. The van der Waals surface area contributed by atoms with Crippen LogP contribution in [0.3, 0.4) is 0 Å². The Morgan fingerprint density at radius 3 is 2.59 bits per heavy atom. The van der Waals surface area contributed by atoms with Gasteiger partial charge in [-0.15, -0.1) is 0 Å². The van der Waals surface area contributed by atoms with E-state index in [0.29, 0.717) is 29.9 Å². The summed E-state index contributed by atoms with van der Waals surface area (Å²) in [6, 6.07) is 17.8. The van der Waals surface area contributed by atoms with Gasteiger partial charge in [0.15, 0.2) is 0 Å². The van der Waals surface area contributed by atoms with Crippen LogP contribution in [-0.2, 0) is 11.3 Å². The Hall–Kier alpha value is -3.19. The molecule has 0 aliphatic carbocycles. The fourth-order valence-electron chi connectivity index (χ4n) is 3.59. The van der Waals surface area contributed by atoms with E-state index in [1.165, 1.54) is 12.8 Å². The SMILES string of the molecule is COC(=O)c1ccc(-c2noc(CN3CCN(c4ccccc4)C[C@H]3C)n2)cc1. The van der Waals surface area contributed by atoms with Gasteiger partial charge in [0.05, 0.1) is 19.2 Å². The maximum absolute atomic E-state index is 11.6. The molecule has 4 rings (SSSR count). The highest BCUT2D eigenvalue weighted by Crippen LogP contribution is 2.21. The number of aromatic nitrogens is 2. The smallest absolute Gasteiger partial charge is 0.337 e. The molecule has 1 atom stereocenters. The third kappa shape index (κ3) is 4.30. The third-order valence-electron chi connectivity index (χ3n) is 5.26. The van der Waals surface area contributed by atoms with Crippen molar-refractivity contribution in [2.24, 2.45) is 0 Å². The first-order chi connectivity index (χ1) is 14.1. The van der Waals surface area contributed by atoms with Crippen LogP contribution < -0.4 is 4.90 Å². The van der Waals surface area contributed by atoms with Gasteiger partial charge in [0.1, 0.15) is 0 Å². The van der Waals surface area contributed by atoms with Gasteiger partial charge in [-0.25, -0.2) is 4.79 Å². The standard InChI is InChI=1S/C22H24N4O3/c1-16-14-26(19-6-4-3-5-7-19)13-12-25(16)15-20-23-21(24-29-20)17-8-10-18(11-9-17)22(27)28-2/h3-11,16H,12-15H2,1-2H3/t16-/m1/s1. The number of esters is 1. The molecule has 0 amide bonds. The van der Waals surface area contributed by atoms with Crippen LogP contribution in [0.25, 0.3) is 11.4 Å². The number of piperazine rings is 1. The molecule has 150 valence electrons. The number of carbonyl (C=O) groups is 1. The van der Waals surface area contributed by atoms with E-state index < -0.39 is 0 Å². The average Bonchev–Trinajstić information content (AvgIpc) is 3.24. The van der Waals surface area contributed by atoms with E-state index >= 15 is 0 Å². The zero-order chi connectivity index (χ0) is 20.2. The lowest BCUT2D eigenvalue weighted by atomic mass is 10.1. The van der Waals surface area contributed by atoms with Gasteiger partial charge in [-0.05, 0) is 31.2 Å². The van der Waals surface area contributed by atoms with Crippen molar-refractivity contribution in [2.45, 2.75) is 19.5 Å². The maximum Gasteiger partial charge on any atom is 0.337 e. The summed E-state index contributed by atoms with van der Waals surface area (Å²) in [6.07, 6.45) is 0. The van der Waals surface area contributed by atoms with Crippen molar-refractivity contribution >= 4 is 11.7 Å². The zero-order valence-electron chi connectivity index (χ0n) is 16.6. The molecule has 3 aromatic rings. The van der Waals surface area contributed by atoms with Crippen molar-refractivity contribution in [2.75, 3.05) is 31.6 Å². The topological polar surface area (TPSA) is 71.7 Å². The first-order valence-corrected chi connectivity index (χ1v) is 9.69. The van der Waals surface area contributed by atoms with Crippen molar-refractivity contribution < 1.29 is 14.1 Å². The van der Waals surface area contributed by atoms with Crippen LogP contribution in [0.5, 0.6) is 0 Å². The predicted octanol–water partition coefficient (Wildman–Crippen LogP) is 3.23. The molecule has 1 fully saturated rings. The fourth-order valence-corrected chi connectivity index (χ4v) is 3.59. The summed E-state index contributed by atoms with van der Waals surface area (Å²) in [6.45, 7) is 5.70. The molecule has 2 aromatic carbocycles. The van der Waals surface area contributed by atoms with Gasteiger partial charge in [0.2, 0.25) is 11.7 Å². The van der Waals surface area contributed by atoms with Gasteiger partial charge in [-0.3, -0.25) is 4.90 Å². The zero-order valence-corrected chi connectivity index (χ0v) is 16.6. The number of ether oxygens (including phenoxy) is 1. The van der Waals surface area contributed by atoms with Gasteiger partial charge < -0.3 is 14.2 Å². The molecule has 0 spiro atoms. The maximum atomic E-state index is 11.6. The summed E-state index contributed by atoms with van der Waals surface area (Å²) in [5.74, 6) is 0.748. The Kier molecular flexibility index (Phi) is 5.57. The molecule has 0 radical (unpaired) electrons. The van der Waals surface area contributed by atoms with Crippen molar-refractivity contribution in [1.82, 2.24) is 15.0 Å². The number of carbonyl (C=O) groups excluding carboxylic acids is 1. The van der Waals surface area contributed by atoms with Gasteiger partial charge >= 0.3 is 5.97 Å². The largest absolute Gasteiger partial charge is 0.465 e. The Bertz CT molecular complexity index is 956. The Morgan fingerprint density at radius 1 is 1.14 bits per heavy atom. The van der Waals surface area contributed by atoms with E-state index in [-0.39, 0.29) is 5.97 Å². The molecule has 2 heterocycles. The number of methoxy groups -OCH3 is 1. The molecular weight excluding hydrogens is 368 g/mol. The van der Waals surface area contributed by atoms with E-state index in [1.807, 2.05) is 6.07 Å². The summed E-state index contributed by atoms with van der Waals surface area (Å²) in [7, 11) is 1.36. The highest BCUT2D eigenvalue weighted by atomic mass is 16.5. The van der Waals surface area contributed by atoms with Crippen LogP contribution in [0.1, 0.15) is 23.2 Å². The fraction of sp³-hybridized carbons (Fsp3) is 0.318. The molecule has 29 heavy (non-hydrogen) atoms. The number of rotatable bonds is 5. The highest BCUT2D eigenvalue weighted by Gasteiger charge is 2.25. The van der Waals surface area contributed by atoms with Crippen LogP contribution >= 0.6 is 0 Å². The van der Waals surface area contributed by atoms with E-state index in [2.05, 4.69) is 51.1 Å². The second kappa shape index (κ2) is 8.45. The molecule has 1 aromatic heterocycles. The summed E-state index contributed by atoms with van der Waals surface area (Å²) < 4.78 is 10.2. The quantitative estimate of drug-likeness (QED) is 0.617. The number of hydrogen-bond acceptors (Lipinski definition) is 7. The highest BCUT2D eigenvalue weighted by molar-refractivity contribution is 5.89. The lowest BCUT2D eigenvalue weighted by Gasteiger charge is -2.40. The Labute approximate surface area is 169 Å². The summed E-state index contributed by atoms with van der Waals surface area (Å²) in [5.41, 5.74) is 2.55. The van der Waals surface area contributed by atoms with Gasteiger partial charge in [-0.1, -0.05) is 35.5 Å². The van der Waals surface area contributed by atoms with Crippen LogP contribution in [0.4, 0.5) is 5.69 Å². The van der Waals surface area contributed by atoms with Gasteiger partial charge in [-0.2, -0.15) is 4.98 Å². The van der Waals surface area contributed by atoms with Crippen molar-refractivity contribution in [3.63, 3.8) is 0 Å². The second-order valence-corrected chi connectivity index (χ2v) is 7.18. The molecule has 0 saturated carbocycles. The van der Waals surface area contributed by atoms with Crippen molar-refractivity contribution in [3.8, 4) is 11.4 Å². The molecule has 1 aliphatic rings. The van der Waals surface area contributed by atoms with E-state index in [1.54, 1.807) is 24.3 Å². The van der Waals surface area contributed by atoms with Crippen LogP contribution in [-0.4, -0.2) is 53.8 Å². The molecule has 1 aliphatic heterocycles. The number of nitrogens with zero attached hydrogens (tertiary/aromatic N) is 4. The number of anilines is 1. The number of benzene rings is 2. The van der Waals surface area contributed by atoms with Crippen LogP contribution in [0.15, 0.2) is 59.1 Å². The number of hydrogen-bond donors (Lipinski definition) is 0. The normalized spacial score (nSPS) is 17.3. The monoisotopic (exact) mass is 392 g/mol. The van der Waals surface area contributed by atoms with Crippen LogP contribution in [0, 0.1) is 0 Å². The minimum atomic E-state index is -0.367. The first kappa shape index (κ1) is 19.1. The Morgan fingerprint density at radius 2 is 1.90 bits per heavy atom. The molecule has 1 saturated heterocycles. The van der Waals surface area contributed by atoms with Crippen LogP contribution in [0.2, 0.25) is 0 Å². The van der Waals surface area contributed by atoms with Crippen molar-refractivity contribution in [1.29, 1.82) is 0 Å². The first-order valence-electron chi connectivity index (χ1n) is 9.69. The number of para-hydroxylation sites is 1. The predicted molar refractivity (Wildman–Crippen MR) is 110 cm³/mol. The lowest BCUT2D eigenvalue weighted by molar-refractivity contribution is 0.0601. The van der Waals surface area contributed by atoms with Gasteiger partial charge in [0.25, 0.3) is 0 Å². The molecular formula is C22H24N4O3. The summed E-state index contributed by atoms with van der Waals surface area (Å²) in [4.78, 5) is 20.8. The molecule has 0 N–H and O–H groups in total. The van der Waals surface area contributed by atoms with E-state index in [9.17, 15) is 4.79 Å². The van der Waals surface area contributed by atoms with E-state index in [4.69, 9.17) is 9.26 Å². The average molecular weight is 392 g/mol. The summed E-state index contributed by atoms with van der Waals surface area (Å²) in [5, 5.41) is 4.09. The second-order valence-electron chi connectivity index (χ2n) is 7.18. The van der Waals surface area contributed by atoms with Crippen molar-refractivity contribution in [3.05, 3.63) is 66.1 Å².